The second-order valence-electron chi connectivity index (χ2n) is 5.33. The quantitative estimate of drug-likeness (QED) is 0.886. The van der Waals surface area contributed by atoms with Gasteiger partial charge in [0.1, 0.15) is 0 Å². The predicted octanol–water partition coefficient (Wildman–Crippen LogP) is 3.79. The lowest BCUT2D eigenvalue weighted by Crippen LogP contribution is -2.20. The molecule has 1 aliphatic rings. The van der Waals surface area contributed by atoms with Crippen molar-refractivity contribution in [3.63, 3.8) is 0 Å². The summed E-state index contributed by atoms with van der Waals surface area (Å²) in [6.45, 7) is 1.91. The molecule has 5 heteroatoms. The van der Waals surface area contributed by atoms with Crippen molar-refractivity contribution in [1.82, 2.24) is 0 Å². The van der Waals surface area contributed by atoms with Gasteiger partial charge in [0.15, 0.2) is 0 Å². The zero-order chi connectivity index (χ0) is 15.7. The van der Waals surface area contributed by atoms with Crippen LogP contribution in [0.4, 0.5) is 11.4 Å². The van der Waals surface area contributed by atoms with Crippen molar-refractivity contribution in [2.75, 3.05) is 10.6 Å². The lowest BCUT2D eigenvalue weighted by molar-refractivity contribution is -0.116. The van der Waals surface area contributed by atoms with E-state index in [9.17, 15) is 9.59 Å². The molecule has 4 nitrogen and oxygen atoms in total. The zero-order valence-electron chi connectivity index (χ0n) is 12.1. The molecule has 2 aromatic rings. The highest BCUT2D eigenvalue weighted by Crippen LogP contribution is 2.25. The molecule has 0 saturated carbocycles. The molecule has 2 aromatic carbocycles. The molecule has 0 atom stereocenters. The number of halogens is 1. The van der Waals surface area contributed by atoms with Crippen LogP contribution < -0.4 is 10.6 Å². The third kappa shape index (κ3) is 2.97. The Balaban J connectivity index is 1.84. The van der Waals surface area contributed by atoms with Crippen LogP contribution in [0.5, 0.6) is 0 Å². The molecule has 2 N–H and O–H groups in total. The average molecular weight is 315 g/mol. The van der Waals surface area contributed by atoms with Crippen LogP contribution in [0.15, 0.2) is 36.4 Å². The van der Waals surface area contributed by atoms with E-state index in [0.29, 0.717) is 29.1 Å². The van der Waals surface area contributed by atoms with E-state index < -0.39 is 0 Å². The fourth-order valence-corrected chi connectivity index (χ4v) is 2.62. The SMILES string of the molecule is Cc1ccc(Cl)cc1NC(=O)c1ccc2c(c1)CCC(=O)N2. The maximum absolute atomic E-state index is 12.4. The minimum Gasteiger partial charge on any atom is -0.326 e. The van der Waals surface area contributed by atoms with Gasteiger partial charge < -0.3 is 10.6 Å². The minimum absolute atomic E-state index is 0.0132. The molecule has 22 heavy (non-hydrogen) atoms. The molecule has 0 unspecified atom stereocenters. The van der Waals surface area contributed by atoms with Gasteiger partial charge in [-0.25, -0.2) is 0 Å². The molecule has 112 valence electrons. The van der Waals surface area contributed by atoms with E-state index in [0.717, 1.165) is 16.8 Å². The second kappa shape index (κ2) is 5.81. The number of fused-ring (bicyclic) bond motifs is 1. The van der Waals surface area contributed by atoms with Gasteiger partial charge in [0.05, 0.1) is 0 Å². The summed E-state index contributed by atoms with van der Waals surface area (Å²) >= 11 is 5.96. The van der Waals surface area contributed by atoms with Crippen LogP contribution in [0.1, 0.15) is 27.9 Å². The van der Waals surface area contributed by atoms with E-state index in [1.54, 1.807) is 24.3 Å². The first-order chi connectivity index (χ1) is 10.5. The van der Waals surface area contributed by atoms with Crippen LogP contribution in [-0.4, -0.2) is 11.8 Å². The van der Waals surface area contributed by atoms with Crippen molar-refractivity contribution in [2.24, 2.45) is 0 Å². The van der Waals surface area contributed by atoms with Crippen molar-refractivity contribution < 1.29 is 9.59 Å². The topological polar surface area (TPSA) is 58.2 Å². The van der Waals surface area contributed by atoms with Gasteiger partial charge in [0.25, 0.3) is 5.91 Å². The number of rotatable bonds is 2. The Morgan fingerprint density at radius 3 is 2.82 bits per heavy atom. The number of carbonyl (C=O) groups is 2. The summed E-state index contributed by atoms with van der Waals surface area (Å²) in [5.41, 5.74) is 3.97. The third-order valence-corrected chi connectivity index (χ3v) is 3.95. The van der Waals surface area contributed by atoms with Crippen molar-refractivity contribution in [2.45, 2.75) is 19.8 Å². The van der Waals surface area contributed by atoms with Crippen LogP contribution in [0.25, 0.3) is 0 Å². The summed E-state index contributed by atoms with van der Waals surface area (Å²) in [7, 11) is 0. The van der Waals surface area contributed by atoms with E-state index in [-0.39, 0.29) is 11.8 Å². The summed E-state index contributed by atoms with van der Waals surface area (Å²) in [4.78, 5) is 23.7. The second-order valence-corrected chi connectivity index (χ2v) is 5.77. The number of benzene rings is 2. The number of carbonyl (C=O) groups excluding carboxylic acids is 2. The van der Waals surface area contributed by atoms with E-state index in [4.69, 9.17) is 11.6 Å². The molecule has 0 aliphatic carbocycles. The molecule has 0 fully saturated rings. The number of hydrogen-bond acceptors (Lipinski definition) is 2. The van der Waals surface area contributed by atoms with Crippen LogP contribution >= 0.6 is 11.6 Å². The number of hydrogen-bond donors (Lipinski definition) is 2. The predicted molar refractivity (Wildman–Crippen MR) is 87.5 cm³/mol. The minimum atomic E-state index is -0.190. The molecular formula is C17H15ClN2O2. The molecule has 0 bridgehead atoms. The van der Waals surface area contributed by atoms with Crippen LogP contribution in [0.2, 0.25) is 5.02 Å². The van der Waals surface area contributed by atoms with Gasteiger partial charge in [-0.15, -0.1) is 0 Å². The number of anilines is 2. The Morgan fingerprint density at radius 2 is 2.00 bits per heavy atom. The van der Waals surface area contributed by atoms with Crippen molar-refractivity contribution >= 4 is 34.8 Å². The lowest BCUT2D eigenvalue weighted by atomic mass is 10.00. The van der Waals surface area contributed by atoms with E-state index >= 15 is 0 Å². The molecule has 0 spiro atoms. The highest BCUT2D eigenvalue weighted by molar-refractivity contribution is 6.31. The monoisotopic (exact) mass is 314 g/mol. The van der Waals surface area contributed by atoms with Crippen LogP contribution in [0.3, 0.4) is 0 Å². The van der Waals surface area contributed by atoms with Gasteiger partial charge in [-0.05, 0) is 54.8 Å². The van der Waals surface area contributed by atoms with Gasteiger partial charge >= 0.3 is 0 Å². The summed E-state index contributed by atoms with van der Waals surface area (Å²) in [6.07, 6.45) is 1.10. The lowest BCUT2D eigenvalue weighted by Gasteiger charge is -2.17. The highest BCUT2D eigenvalue weighted by atomic mass is 35.5. The molecule has 0 radical (unpaired) electrons. The first-order valence-corrected chi connectivity index (χ1v) is 7.41. The molecular weight excluding hydrogens is 300 g/mol. The molecule has 0 aromatic heterocycles. The Hall–Kier alpha value is -2.33. The molecule has 1 aliphatic heterocycles. The van der Waals surface area contributed by atoms with Gasteiger partial charge in [-0.3, -0.25) is 9.59 Å². The van der Waals surface area contributed by atoms with Crippen molar-refractivity contribution in [3.8, 4) is 0 Å². The van der Waals surface area contributed by atoms with Crippen molar-refractivity contribution in [1.29, 1.82) is 0 Å². The van der Waals surface area contributed by atoms with Gasteiger partial charge in [-0.1, -0.05) is 17.7 Å². The molecule has 3 rings (SSSR count). The molecule has 0 saturated heterocycles. The summed E-state index contributed by atoms with van der Waals surface area (Å²) < 4.78 is 0. The number of nitrogens with one attached hydrogen (secondary N) is 2. The van der Waals surface area contributed by atoms with Gasteiger partial charge in [-0.2, -0.15) is 0 Å². The van der Waals surface area contributed by atoms with Crippen LogP contribution in [-0.2, 0) is 11.2 Å². The largest absolute Gasteiger partial charge is 0.326 e. The third-order valence-electron chi connectivity index (χ3n) is 3.71. The fraction of sp³-hybridized carbons (Fsp3) is 0.176. The van der Waals surface area contributed by atoms with Crippen molar-refractivity contribution in [3.05, 3.63) is 58.1 Å². The summed E-state index contributed by atoms with van der Waals surface area (Å²) in [6, 6.07) is 10.7. The van der Waals surface area contributed by atoms with E-state index in [1.165, 1.54) is 0 Å². The first-order valence-electron chi connectivity index (χ1n) is 7.03. The Labute approximate surface area is 133 Å². The Kier molecular flexibility index (Phi) is 3.86. The Bertz CT molecular complexity index is 771. The number of aryl methyl sites for hydroxylation is 2. The van der Waals surface area contributed by atoms with E-state index in [1.807, 2.05) is 19.1 Å². The molecule has 2 amide bonds. The maximum atomic E-state index is 12.4. The maximum Gasteiger partial charge on any atom is 0.255 e. The van der Waals surface area contributed by atoms with E-state index in [2.05, 4.69) is 10.6 Å². The fourth-order valence-electron chi connectivity index (χ4n) is 2.45. The smallest absolute Gasteiger partial charge is 0.255 e. The number of amides is 2. The van der Waals surface area contributed by atoms with Crippen LogP contribution in [0, 0.1) is 6.92 Å². The average Bonchev–Trinajstić information content (AvgIpc) is 2.50. The van der Waals surface area contributed by atoms with Gasteiger partial charge in [0, 0.05) is 28.4 Å². The molecule has 1 heterocycles. The highest BCUT2D eigenvalue weighted by Gasteiger charge is 2.17. The standard InChI is InChI=1S/C17H15ClN2O2/c1-10-2-5-13(18)9-15(10)20-17(22)12-3-6-14-11(8-12)4-7-16(21)19-14/h2-3,5-6,8-9H,4,7H2,1H3,(H,19,21)(H,20,22). The normalized spacial score (nSPS) is 13.3. The summed E-state index contributed by atoms with van der Waals surface area (Å²) in [5.74, 6) is -0.177. The summed E-state index contributed by atoms with van der Waals surface area (Å²) in [5, 5.41) is 6.25. The zero-order valence-corrected chi connectivity index (χ0v) is 12.8. The first kappa shape index (κ1) is 14.6. The van der Waals surface area contributed by atoms with Gasteiger partial charge in [0.2, 0.25) is 5.91 Å². The Morgan fingerprint density at radius 1 is 1.18 bits per heavy atom.